The lowest BCUT2D eigenvalue weighted by Gasteiger charge is -2.15. The summed E-state index contributed by atoms with van der Waals surface area (Å²) in [6.45, 7) is 1.84. The summed E-state index contributed by atoms with van der Waals surface area (Å²) in [5.41, 5.74) is 1.14. The van der Waals surface area contributed by atoms with Crippen molar-refractivity contribution >= 4 is 29.2 Å². The Labute approximate surface area is 220 Å². The third-order valence-electron chi connectivity index (χ3n) is 5.33. The number of carboxylic acids is 1. The molecule has 11 nitrogen and oxygen atoms in total. The summed E-state index contributed by atoms with van der Waals surface area (Å²) in [5, 5.41) is 20.6. The number of benzene rings is 2. The maximum absolute atomic E-state index is 13.5. The van der Waals surface area contributed by atoms with Crippen molar-refractivity contribution in [3.63, 3.8) is 0 Å². The largest absolute Gasteiger partial charge is 0.477 e. The first-order valence-corrected chi connectivity index (χ1v) is 11.6. The summed E-state index contributed by atoms with van der Waals surface area (Å²) in [6, 6.07) is 18.4. The molecule has 0 fully saturated rings. The molecule has 0 atom stereocenters. The third-order valence-corrected chi connectivity index (χ3v) is 5.59. The SMILES string of the molecule is Cc1nnc(-c2cnc(Nc3ccc(Oc4cccc(C(=O)O)n4)cc3)n(Cc3ccc(Cl)cc3)c2=O)o1. The second kappa shape index (κ2) is 10.5. The molecule has 0 aliphatic heterocycles. The highest BCUT2D eigenvalue weighted by Gasteiger charge is 2.17. The number of nitrogens with one attached hydrogen (secondary N) is 1. The fraction of sp³-hybridized carbons (Fsp3) is 0.0769. The normalized spacial score (nSPS) is 10.8. The van der Waals surface area contributed by atoms with Crippen LogP contribution < -0.4 is 15.6 Å². The number of nitrogens with zero attached hydrogens (tertiary/aromatic N) is 5. The van der Waals surface area contributed by atoms with E-state index in [9.17, 15) is 9.59 Å². The van der Waals surface area contributed by atoms with E-state index >= 15 is 0 Å². The summed E-state index contributed by atoms with van der Waals surface area (Å²) in [5.74, 6) is 0.147. The van der Waals surface area contributed by atoms with Gasteiger partial charge in [0.25, 0.3) is 11.4 Å². The summed E-state index contributed by atoms with van der Waals surface area (Å²) >= 11 is 6.02. The molecule has 2 aromatic carbocycles. The minimum absolute atomic E-state index is 0.0819. The molecule has 2 N–H and O–H groups in total. The second-order valence-corrected chi connectivity index (χ2v) is 8.49. The van der Waals surface area contributed by atoms with Gasteiger partial charge >= 0.3 is 5.97 Å². The quantitative estimate of drug-likeness (QED) is 0.283. The lowest BCUT2D eigenvalue weighted by Crippen LogP contribution is -2.26. The molecule has 0 amide bonds. The average Bonchev–Trinajstić information content (AvgIpc) is 3.34. The maximum Gasteiger partial charge on any atom is 0.354 e. The third kappa shape index (κ3) is 5.52. The lowest BCUT2D eigenvalue weighted by molar-refractivity contribution is 0.0689. The highest BCUT2D eigenvalue weighted by molar-refractivity contribution is 6.30. The molecule has 5 rings (SSSR count). The van der Waals surface area contributed by atoms with Crippen molar-refractivity contribution in [3.8, 4) is 23.1 Å². The molecule has 0 saturated heterocycles. The fourth-order valence-electron chi connectivity index (χ4n) is 3.51. The average molecular weight is 531 g/mol. The molecule has 190 valence electrons. The smallest absolute Gasteiger partial charge is 0.354 e. The van der Waals surface area contributed by atoms with Gasteiger partial charge in [0, 0.05) is 29.9 Å². The van der Waals surface area contributed by atoms with Crippen LogP contribution in [-0.2, 0) is 6.54 Å². The number of hydrogen-bond donors (Lipinski definition) is 2. The summed E-state index contributed by atoms with van der Waals surface area (Å²) in [7, 11) is 0. The zero-order valence-corrected chi connectivity index (χ0v) is 20.6. The number of aromatic nitrogens is 5. The predicted molar refractivity (Wildman–Crippen MR) is 138 cm³/mol. The molecule has 0 unspecified atom stereocenters. The number of rotatable bonds is 8. The molecule has 0 spiro atoms. The van der Waals surface area contributed by atoms with E-state index < -0.39 is 5.97 Å². The summed E-state index contributed by atoms with van der Waals surface area (Å²) in [4.78, 5) is 33.0. The molecule has 0 aliphatic rings. The van der Waals surface area contributed by atoms with Gasteiger partial charge in [0.05, 0.1) is 6.54 Å². The van der Waals surface area contributed by atoms with Gasteiger partial charge in [0.15, 0.2) is 5.69 Å². The molecular formula is C26H19ClN6O5. The first-order chi connectivity index (χ1) is 18.4. The van der Waals surface area contributed by atoms with Gasteiger partial charge in [0.2, 0.25) is 17.7 Å². The fourth-order valence-corrected chi connectivity index (χ4v) is 3.64. The van der Waals surface area contributed by atoms with E-state index in [1.165, 1.54) is 16.8 Å². The number of hydrogen-bond acceptors (Lipinski definition) is 9. The molecule has 3 heterocycles. The molecule has 0 radical (unpaired) electrons. The van der Waals surface area contributed by atoms with Gasteiger partial charge in [-0.15, -0.1) is 10.2 Å². The Bertz CT molecular complexity index is 1670. The second-order valence-electron chi connectivity index (χ2n) is 8.06. The van der Waals surface area contributed by atoms with E-state index in [-0.39, 0.29) is 41.1 Å². The Morgan fingerprint density at radius 3 is 2.53 bits per heavy atom. The molecule has 3 aromatic heterocycles. The Kier molecular flexibility index (Phi) is 6.83. The van der Waals surface area contributed by atoms with Crippen molar-refractivity contribution in [2.75, 3.05) is 5.32 Å². The molecule has 12 heteroatoms. The van der Waals surface area contributed by atoms with Gasteiger partial charge < -0.3 is 19.6 Å². The minimum Gasteiger partial charge on any atom is -0.477 e. The lowest BCUT2D eigenvalue weighted by atomic mass is 10.2. The molecule has 0 aliphatic carbocycles. The topological polar surface area (TPSA) is 145 Å². The van der Waals surface area contributed by atoms with Gasteiger partial charge in [-0.05, 0) is 48.0 Å². The molecule has 0 bridgehead atoms. The first kappa shape index (κ1) is 24.7. The maximum atomic E-state index is 13.5. The summed E-state index contributed by atoms with van der Waals surface area (Å²) < 4.78 is 12.6. The number of anilines is 2. The minimum atomic E-state index is -1.15. The van der Waals surface area contributed by atoms with Gasteiger partial charge in [-0.2, -0.15) is 0 Å². The van der Waals surface area contributed by atoms with E-state index in [1.807, 2.05) is 12.1 Å². The van der Waals surface area contributed by atoms with Crippen molar-refractivity contribution in [3.05, 3.63) is 105 Å². The van der Waals surface area contributed by atoms with Gasteiger partial charge in [0.1, 0.15) is 11.3 Å². The molecular weight excluding hydrogens is 512 g/mol. The van der Waals surface area contributed by atoms with Crippen molar-refractivity contribution < 1.29 is 19.1 Å². The van der Waals surface area contributed by atoms with Gasteiger partial charge in [-0.3, -0.25) is 9.36 Å². The molecule has 0 saturated carbocycles. The van der Waals surface area contributed by atoms with E-state index in [1.54, 1.807) is 55.5 Å². The van der Waals surface area contributed by atoms with Crippen LogP contribution in [0, 0.1) is 6.92 Å². The summed E-state index contributed by atoms with van der Waals surface area (Å²) in [6.07, 6.45) is 1.38. The van der Waals surface area contributed by atoms with Crippen LogP contribution in [0.1, 0.15) is 21.9 Å². The van der Waals surface area contributed by atoms with Crippen molar-refractivity contribution in [2.24, 2.45) is 0 Å². The van der Waals surface area contributed by atoms with Crippen LogP contribution in [0.3, 0.4) is 0 Å². The standard InChI is InChI=1S/C26H19ClN6O5/c1-15-31-32-23(37-15)20-13-28-26(33(24(20)34)14-16-5-7-17(27)8-6-16)29-18-9-11-19(12-10-18)38-22-4-2-3-21(30-22)25(35)36/h2-13H,14H2,1H3,(H,28,29)(H,35,36). The van der Waals surface area contributed by atoms with Crippen molar-refractivity contribution in [1.82, 2.24) is 24.7 Å². The van der Waals surface area contributed by atoms with Crippen molar-refractivity contribution in [1.29, 1.82) is 0 Å². The number of ether oxygens (including phenoxy) is 1. The number of carbonyl (C=O) groups is 1. The Balaban J connectivity index is 1.43. The van der Waals surface area contributed by atoms with Crippen LogP contribution in [0.2, 0.25) is 5.02 Å². The van der Waals surface area contributed by atoms with E-state index in [0.717, 1.165) is 5.56 Å². The van der Waals surface area contributed by atoms with E-state index in [4.69, 9.17) is 25.9 Å². The Hall–Kier alpha value is -5.03. The van der Waals surface area contributed by atoms with E-state index in [0.29, 0.717) is 22.4 Å². The number of aromatic carboxylic acids is 1. The highest BCUT2D eigenvalue weighted by Crippen LogP contribution is 2.24. The number of carboxylic acid groups (broad SMARTS) is 1. The Morgan fingerprint density at radius 1 is 1.08 bits per heavy atom. The van der Waals surface area contributed by atoms with Gasteiger partial charge in [-0.1, -0.05) is 29.8 Å². The first-order valence-electron chi connectivity index (χ1n) is 11.3. The number of pyridine rings is 1. The number of aryl methyl sites for hydroxylation is 1. The van der Waals surface area contributed by atoms with Gasteiger partial charge in [-0.25, -0.2) is 14.8 Å². The molecule has 5 aromatic rings. The van der Waals surface area contributed by atoms with Crippen LogP contribution >= 0.6 is 11.6 Å². The monoisotopic (exact) mass is 530 g/mol. The van der Waals surface area contributed by atoms with Crippen LogP contribution in [0.25, 0.3) is 11.5 Å². The highest BCUT2D eigenvalue weighted by atomic mass is 35.5. The Morgan fingerprint density at radius 2 is 1.84 bits per heavy atom. The zero-order valence-electron chi connectivity index (χ0n) is 19.8. The predicted octanol–water partition coefficient (Wildman–Crippen LogP) is 4.93. The zero-order chi connectivity index (χ0) is 26.6. The van der Waals surface area contributed by atoms with Crippen LogP contribution in [0.5, 0.6) is 11.6 Å². The van der Waals surface area contributed by atoms with E-state index in [2.05, 4.69) is 25.5 Å². The van der Waals surface area contributed by atoms with Crippen molar-refractivity contribution in [2.45, 2.75) is 13.5 Å². The van der Waals surface area contributed by atoms with Crippen LogP contribution in [0.15, 0.2) is 82.1 Å². The number of halogens is 1. The van der Waals surface area contributed by atoms with Crippen LogP contribution in [0.4, 0.5) is 11.6 Å². The van der Waals surface area contributed by atoms with Crippen LogP contribution in [-0.4, -0.2) is 35.8 Å². The molecule has 38 heavy (non-hydrogen) atoms.